The second-order valence-electron chi connectivity index (χ2n) is 6.07. The lowest BCUT2D eigenvalue weighted by molar-refractivity contribution is 0.0601. The number of hydrogen-bond acceptors (Lipinski definition) is 3. The Bertz CT molecular complexity index is 948. The summed E-state index contributed by atoms with van der Waals surface area (Å²) in [6.07, 6.45) is 3.65. The molecule has 1 aromatic heterocycles. The van der Waals surface area contributed by atoms with Crippen LogP contribution in [0.5, 0.6) is 0 Å². The van der Waals surface area contributed by atoms with Crippen LogP contribution in [0.4, 0.5) is 4.39 Å². The van der Waals surface area contributed by atoms with E-state index in [0.717, 1.165) is 29.2 Å². The Hall–Kier alpha value is -2.75. The molecule has 0 bridgehead atoms. The van der Waals surface area contributed by atoms with Gasteiger partial charge in [0.05, 0.1) is 18.4 Å². The van der Waals surface area contributed by atoms with E-state index < -0.39 is 5.97 Å². The van der Waals surface area contributed by atoms with Crippen LogP contribution in [0.25, 0.3) is 21.9 Å². The van der Waals surface area contributed by atoms with Gasteiger partial charge >= 0.3 is 5.97 Å². The van der Waals surface area contributed by atoms with Gasteiger partial charge in [0.25, 0.3) is 0 Å². The normalized spacial score (nSPS) is 13.9. The monoisotopic (exact) mass is 321 g/mol. The zero-order chi connectivity index (χ0) is 16.7. The van der Waals surface area contributed by atoms with Crippen molar-refractivity contribution in [1.82, 2.24) is 4.98 Å². The van der Waals surface area contributed by atoms with Gasteiger partial charge < -0.3 is 4.74 Å². The lowest BCUT2D eigenvalue weighted by Gasteiger charge is -2.11. The fourth-order valence-corrected chi connectivity index (χ4v) is 3.06. The number of rotatable bonds is 3. The van der Waals surface area contributed by atoms with E-state index >= 15 is 0 Å². The summed E-state index contributed by atoms with van der Waals surface area (Å²) in [6, 6.07) is 12.7. The topological polar surface area (TPSA) is 39.2 Å². The Morgan fingerprint density at radius 3 is 2.75 bits per heavy atom. The van der Waals surface area contributed by atoms with E-state index in [0.29, 0.717) is 16.8 Å². The van der Waals surface area contributed by atoms with Crippen molar-refractivity contribution in [2.24, 2.45) is 0 Å². The van der Waals surface area contributed by atoms with E-state index in [1.165, 1.54) is 7.11 Å². The first-order valence-corrected chi connectivity index (χ1v) is 7.95. The van der Waals surface area contributed by atoms with Gasteiger partial charge in [-0.3, -0.25) is 4.98 Å². The Kier molecular flexibility index (Phi) is 3.53. The van der Waals surface area contributed by atoms with Crippen LogP contribution >= 0.6 is 0 Å². The number of benzene rings is 2. The third-order valence-corrected chi connectivity index (χ3v) is 4.47. The predicted octanol–water partition coefficient (Wildman–Crippen LogP) is 4.70. The highest BCUT2D eigenvalue weighted by Gasteiger charge is 2.29. The summed E-state index contributed by atoms with van der Waals surface area (Å²) < 4.78 is 19.7. The van der Waals surface area contributed by atoms with Gasteiger partial charge in [0.1, 0.15) is 0 Å². The summed E-state index contributed by atoms with van der Waals surface area (Å²) >= 11 is 0. The van der Waals surface area contributed by atoms with Gasteiger partial charge in [-0.25, -0.2) is 9.18 Å². The number of hydrogen-bond donors (Lipinski definition) is 0. The molecule has 1 aliphatic rings. The van der Waals surface area contributed by atoms with Gasteiger partial charge in [0.2, 0.25) is 0 Å². The molecule has 0 atom stereocenters. The zero-order valence-electron chi connectivity index (χ0n) is 13.3. The standard InChI is InChI=1S/C20H16FNO2/c1-24-20(23)14-8-5-12-3-2-4-15(17(12)11-14)16-9-10-22-19(18(16)21)13-6-7-13/h2-5,8-11,13H,6-7H2,1H3. The Morgan fingerprint density at radius 2 is 2.00 bits per heavy atom. The molecule has 1 fully saturated rings. The van der Waals surface area contributed by atoms with Crippen molar-refractivity contribution in [3.05, 3.63) is 65.7 Å². The van der Waals surface area contributed by atoms with E-state index in [2.05, 4.69) is 4.98 Å². The van der Waals surface area contributed by atoms with Gasteiger partial charge in [-0.2, -0.15) is 0 Å². The van der Waals surface area contributed by atoms with Gasteiger partial charge in [-0.15, -0.1) is 0 Å². The summed E-state index contributed by atoms with van der Waals surface area (Å²) in [7, 11) is 1.35. The Balaban J connectivity index is 1.93. The van der Waals surface area contributed by atoms with Crippen LogP contribution in [0.3, 0.4) is 0 Å². The Labute approximate surface area is 139 Å². The maximum Gasteiger partial charge on any atom is 0.337 e. The number of ether oxygens (including phenoxy) is 1. The van der Waals surface area contributed by atoms with E-state index in [-0.39, 0.29) is 11.7 Å². The molecule has 1 saturated carbocycles. The van der Waals surface area contributed by atoms with Crippen LogP contribution in [0.15, 0.2) is 48.7 Å². The molecule has 0 aliphatic heterocycles. The number of esters is 1. The van der Waals surface area contributed by atoms with Crippen LogP contribution in [-0.2, 0) is 4.74 Å². The molecule has 0 spiro atoms. The first-order valence-electron chi connectivity index (χ1n) is 7.95. The molecule has 2 aromatic carbocycles. The van der Waals surface area contributed by atoms with Gasteiger partial charge in [-0.05, 0) is 47.4 Å². The summed E-state index contributed by atoms with van der Waals surface area (Å²) in [4.78, 5) is 16.0. The summed E-state index contributed by atoms with van der Waals surface area (Å²) in [5.41, 5.74) is 2.29. The van der Waals surface area contributed by atoms with Crippen LogP contribution in [0.2, 0.25) is 0 Å². The molecule has 4 heteroatoms. The minimum absolute atomic E-state index is 0.241. The van der Waals surface area contributed by atoms with Crippen molar-refractivity contribution >= 4 is 16.7 Å². The largest absolute Gasteiger partial charge is 0.465 e. The average Bonchev–Trinajstić information content (AvgIpc) is 3.45. The van der Waals surface area contributed by atoms with Crippen LogP contribution in [-0.4, -0.2) is 18.1 Å². The van der Waals surface area contributed by atoms with Crippen molar-refractivity contribution < 1.29 is 13.9 Å². The molecule has 0 amide bonds. The van der Waals surface area contributed by atoms with Gasteiger partial charge in [-0.1, -0.05) is 24.3 Å². The van der Waals surface area contributed by atoms with Crippen molar-refractivity contribution in [3.63, 3.8) is 0 Å². The SMILES string of the molecule is COC(=O)c1ccc2cccc(-c3ccnc(C4CC4)c3F)c2c1. The van der Waals surface area contributed by atoms with Crippen molar-refractivity contribution in [3.8, 4) is 11.1 Å². The molecule has 0 saturated heterocycles. The molecule has 24 heavy (non-hydrogen) atoms. The molecule has 1 heterocycles. The number of aromatic nitrogens is 1. The minimum Gasteiger partial charge on any atom is -0.465 e. The third kappa shape index (κ3) is 2.44. The zero-order valence-corrected chi connectivity index (χ0v) is 13.3. The lowest BCUT2D eigenvalue weighted by atomic mass is 9.96. The van der Waals surface area contributed by atoms with Gasteiger partial charge in [0, 0.05) is 17.7 Å². The third-order valence-electron chi connectivity index (χ3n) is 4.47. The van der Waals surface area contributed by atoms with E-state index in [1.54, 1.807) is 24.4 Å². The summed E-state index contributed by atoms with van der Waals surface area (Å²) in [5.74, 6) is -0.415. The highest BCUT2D eigenvalue weighted by Crippen LogP contribution is 2.42. The molecule has 3 nitrogen and oxygen atoms in total. The molecular weight excluding hydrogens is 305 g/mol. The van der Waals surface area contributed by atoms with Crippen molar-refractivity contribution in [2.45, 2.75) is 18.8 Å². The molecule has 0 N–H and O–H groups in total. The maximum atomic E-state index is 14.9. The van der Waals surface area contributed by atoms with E-state index in [1.807, 2.05) is 24.3 Å². The van der Waals surface area contributed by atoms with Gasteiger partial charge in [0.15, 0.2) is 5.82 Å². The number of methoxy groups -OCH3 is 1. The average molecular weight is 321 g/mol. The second-order valence-corrected chi connectivity index (χ2v) is 6.07. The van der Waals surface area contributed by atoms with E-state index in [9.17, 15) is 9.18 Å². The fourth-order valence-electron chi connectivity index (χ4n) is 3.06. The lowest BCUT2D eigenvalue weighted by Crippen LogP contribution is -2.01. The number of nitrogens with zero attached hydrogens (tertiary/aromatic N) is 1. The molecule has 3 aromatic rings. The minimum atomic E-state index is -0.402. The number of carbonyl (C=O) groups excluding carboxylic acids is 1. The first kappa shape index (κ1) is 14.8. The van der Waals surface area contributed by atoms with E-state index in [4.69, 9.17) is 4.74 Å². The molecule has 4 rings (SSSR count). The highest BCUT2D eigenvalue weighted by atomic mass is 19.1. The molecule has 1 aliphatic carbocycles. The summed E-state index contributed by atoms with van der Waals surface area (Å²) in [5, 5.41) is 1.77. The van der Waals surface area contributed by atoms with Crippen molar-refractivity contribution in [2.75, 3.05) is 7.11 Å². The number of fused-ring (bicyclic) bond motifs is 1. The molecule has 0 unspecified atom stereocenters. The molecule has 0 radical (unpaired) electrons. The fraction of sp³-hybridized carbons (Fsp3) is 0.200. The second kappa shape index (κ2) is 5.71. The van der Waals surface area contributed by atoms with Crippen LogP contribution in [0.1, 0.15) is 34.8 Å². The van der Waals surface area contributed by atoms with Crippen LogP contribution in [0, 0.1) is 5.82 Å². The predicted molar refractivity (Wildman–Crippen MR) is 90.5 cm³/mol. The highest BCUT2D eigenvalue weighted by molar-refractivity contribution is 6.01. The first-order chi connectivity index (χ1) is 11.7. The number of halogens is 1. The number of pyridine rings is 1. The number of carbonyl (C=O) groups is 1. The molecule has 120 valence electrons. The van der Waals surface area contributed by atoms with Crippen molar-refractivity contribution in [1.29, 1.82) is 0 Å². The molecular formula is C20H16FNO2. The smallest absolute Gasteiger partial charge is 0.337 e. The van der Waals surface area contributed by atoms with Crippen LogP contribution < -0.4 is 0 Å². The summed E-state index contributed by atoms with van der Waals surface area (Å²) in [6.45, 7) is 0. The maximum absolute atomic E-state index is 14.9. The quantitative estimate of drug-likeness (QED) is 0.656. The Morgan fingerprint density at radius 1 is 1.17 bits per heavy atom.